The highest BCUT2D eigenvalue weighted by Crippen LogP contribution is 2.66. The van der Waals surface area contributed by atoms with Gasteiger partial charge in [-0.1, -0.05) is 6.07 Å². The van der Waals surface area contributed by atoms with Crippen molar-refractivity contribution in [2.45, 2.75) is 62.0 Å². The summed E-state index contributed by atoms with van der Waals surface area (Å²) in [6.07, 6.45) is 3.95. The number of ether oxygens (including phenoxy) is 2. The molecule has 1 aromatic carbocycles. The number of benzene rings is 1. The fraction of sp³-hybridized carbons (Fsp3) is 0.714. The van der Waals surface area contributed by atoms with Gasteiger partial charge in [-0.3, -0.25) is 4.90 Å². The van der Waals surface area contributed by atoms with E-state index in [0.29, 0.717) is 24.0 Å². The summed E-state index contributed by atoms with van der Waals surface area (Å²) >= 11 is 0. The Hall–Kier alpha value is -1.36. The number of nitrogens with zero attached hydrogens (tertiary/aromatic N) is 1. The Kier molecular flexibility index (Phi) is 2.96. The molecule has 1 saturated heterocycles. The molecule has 5 aliphatic rings. The molecule has 2 bridgehead atoms. The van der Waals surface area contributed by atoms with E-state index in [1.807, 2.05) is 6.07 Å². The number of hydrogen-bond donors (Lipinski definition) is 0. The van der Waals surface area contributed by atoms with Crippen molar-refractivity contribution in [1.29, 1.82) is 0 Å². The van der Waals surface area contributed by atoms with Crippen molar-refractivity contribution in [3.8, 4) is 11.5 Å². The molecule has 1 unspecified atom stereocenters. The lowest BCUT2D eigenvalue weighted by Gasteiger charge is -2.59. The molecule has 0 aromatic heterocycles. The average molecular weight is 361 g/mol. The summed E-state index contributed by atoms with van der Waals surface area (Å²) in [7, 11) is 1.60. The van der Waals surface area contributed by atoms with Crippen LogP contribution in [0.25, 0.3) is 0 Å². The van der Waals surface area contributed by atoms with Crippen molar-refractivity contribution in [3.05, 3.63) is 23.3 Å². The SMILES string of the molecule is COc1ccc2c3c1O[C@@H]1C(F)(F)CCC4[C@H](C2)N(CC2CC2)CC[C@]341. The zero-order valence-corrected chi connectivity index (χ0v) is 15.1. The standard InChI is InChI=1S/C21H25F2NO2/c1-25-16-5-4-13-10-15-14-6-7-21(22,23)19-20(14,17(13)18(16)26-19)8-9-24(15)11-12-2-3-12/h4-5,12,14-15,19H,2-3,6-11H2,1H3/t14?,15-,19-,20+/m0/s1. The monoisotopic (exact) mass is 361 g/mol. The molecular weight excluding hydrogens is 336 g/mol. The average Bonchev–Trinajstić information content (AvgIpc) is 3.36. The molecule has 5 heteroatoms. The van der Waals surface area contributed by atoms with Gasteiger partial charge in [-0.05, 0) is 62.1 Å². The van der Waals surface area contributed by atoms with Gasteiger partial charge in [0.2, 0.25) is 0 Å². The number of halogens is 2. The van der Waals surface area contributed by atoms with Crippen molar-refractivity contribution in [1.82, 2.24) is 4.90 Å². The summed E-state index contributed by atoms with van der Waals surface area (Å²) < 4.78 is 41.6. The highest BCUT2D eigenvalue weighted by Gasteiger charge is 2.70. The second kappa shape index (κ2) is 4.92. The summed E-state index contributed by atoms with van der Waals surface area (Å²) in [6.45, 7) is 2.07. The molecule has 4 atom stereocenters. The third kappa shape index (κ3) is 1.81. The first-order chi connectivity index (χ1) is 12.5. The first-order valence-corrected chi connectivity index (χ1v) is 10.0. The van der Waals surface area contributed by atoms with E-state index in [1.54, 1.807) is 7.11 Å². The summed E-state index contributed by atoms with van der Waals surface area (Å²) in [4.78, 5) is 2.62. The topological polar surface area (TPSA) is 21.7 Å². The van der Waals surface area contributed by atoms with Gasteiger partial charge in [0.05, 0.1) is 7.11 Å². The lowest BCUT2D eigenvalue weighted by molar-refractivity contribution is -0.182. The summed E-state index contributed by atoms with van der Waals surface area (Å²) in [5.41, 5.74) is 1.75. The van der Waals surface area contributed by atoms with Crippen LogP contribution in [0.4, 0.5) is 8.78 Å². The highest BCUT2D eigenvalue weighted by molar-refractivity contribution is 5.61. The van der Waals surface area contributed by atoms with E-state index in [2.05, 4.69) is 11.0 Å². The van der Waals surface area contributed by atoms with Crippen LogP contribution in [0.5, 0.6) is 11.5 Å². The molecule has 2 heterocycles. The number of rotatable bonds is 3. The van der Waals surface area contributed by atoms with Crippen LogP contribution in [-0.2, 0) is 11.8 Å². The third-order valence-corrected chi connectivity index (χ3v) is 7.80. The van der Waals surface area contributed by atoms with Crippen LogP contribution in [0.15, 0.2) is 12.1 Å². The van der Waals surface area contributed by atoms with Gasteiger partial charge in [0.1, 0.15) is 0 Å². The van der Waals surface area contributed by atoms with Crippen molar-refractivity contribution >= 4 is 0 Å². The van der Waals surface area contributed by atoms with Gasteiger partial charge in [-0.25, -0.2) is 8.78 Å². The van der Waals surface area contributed by atoms with Gasteiger partial charge in [-0.2, -0.15) is 0 Å². The largest absolute Gasteiger partial charge is 0.493 e. The van der Waals surface area contributed by atoms with Crippen molar-refractivity contribution in [2.24, 2.45) is 11.8 Å². The maximum atomic E-state index is 15.0. The van der Waals surface area contributed by atoms with Gasteiger partial charge in [0.25, 0.3) is 5.92 Å². The molecule has 1 aromatic rings. The Balaban J connectivity index is 1.53. The molecule has 0 radical (unpaired) electrons. The highest BCUT2D eigenvalue weighted by atomic mass is 19.3. The van der Waals surface area contributed by atoms with E-state index >= 15 is 8.78 Å². The second-order valence-electron chi connectivity index (χ2n) is 9.04. The van der Waals surface area contributed by atoms with E-state index in [4.69, 9.17) is 9.47 Å². The summed E-state index contributed by atoms with van der Waals surface area (Å²) in [6, 6.07) is 4.39. The Morgan fingerprint density at radius 1 is 1.23 bits per heavy atom. The van der Waals surface area contributed by atoms with Crippen LogP contribution in [-0.4, -0.2) is 43.2 Å². The maximum absolute atomic E-state index is 15.0. The van der Waals surface area contributed by atoms with Gasteiger partial charge in [0, 0.05) is 30.0 Å². The minimum Gasteiger partial charge on any atom is -0.493 e. The van der Waals surface area contributed by atoms with E-state index in [-0.39, 0.29) is 12.3 Å². The molecule has 1 spiro atoms. The fourth-order valence-corrected chi connectivity index (χ4v) is 6.58. The molecule has 26 heavy (non-hydrogen) atoms. The summed E-state index contributed by atoms with van der Waals surface area (Å²) in [5.74, 6) is -0.437. The Bertz CT molecular complexity index is 778. The van der Waals surface area contributed by atoms with E-state index in [1.165, 1.54) is 18.4 Å². The second-order valence-corrected chi connectivity index (χ2v) is 9.04. The molecule has 6 rings (SSSR count). The van der Waals surface area contributed by atoms with Crippen molar-refractivity contribution in [2.75, 3.05) is 20.2 Å². The van der Waals surface area contributed by atoms with Gasteiger partial charge < -0.3 is 9.47 Å². The normalized spacial score (nSPS) is 39.3. The quantitative estimate of drug-likeness (QED) is 0.818. The lowest BCUT2D eigenvalue weighted by Crippen LogP contribution is -2.68. The smallest absolute Gasteiger partial charge is 0.285 e. The Morgan fingerprint density at radius 3 is 2.85 bits per heavy atom. The molecule has 0 amide bonds. The zero-order valence-electron chi connectivity index (χ0n) is 15.1. The van der Waals surface area contributed by atoms with Gasteiger partial charge >= 0.3 is 0 Å². The number of alkyl halides is 2. The lowest BCUT2D eigenvalue weighted by atomic mass is 9.51. The van der Waals surface area contributed by atoms with Crippen molar-refractivity contribution < 1.29 is 18.3 Å². The minimum absolute atomic E-state index is 0.0521. The number of likely N-dealkylation sites (tertiary alicyclic amines) is 1. The first kappa shape index (κ1) is 15.7. The van der Waals surface area contributed by atoms with Gasteiger partial charge in [-0.15, -0.1) is 0 Å². The fourth-order valence-electron chi connectivity index (χ4n) is 6.58. The predicted molar refractivity (Wildman–Crippen MR) is 93.2 cm³/mol. The third-order valence-electron chi connectivity index (χ3n) is 7.80. The number of piperidine rings is 1. The van der Waals surface area contributed by atoms with Crippen molar-refractivity contribution in [3.63, 3.8) is 0 Å². The molecule has 3 nitrogen and oxygen atoms in total. The molecule has 2 aliphatic heterocycles. The molecular formula is C21H25F2NO2. The van der Waals surface area contributed by atoms with Crippen LogP contribution in [0.2, 0.25) is 0 Å². The molecule has 0 N–H and O–H groups in total. The van der Waals surface area contributed by atoms with Crippen LogP contribution < -0.4 is 9.47 Å². The zero-order chi connectivity index (χ0) is 17.7. The molecule has 3 fully saturated rings. The molecule has 2 saturated carbocycles. The van der Waals surface area contributed by atoms with E-state index < -0.39 is 17.4 Å². The van der Waals surface area contributed by atoms with Crippen LogP contribution in [0.3, 0.4) is 0 Å². The number of methoxy groups -OCH3 is 1. The van der Waals surface area contributed by atoms with Crippen LogP contribution in [0, 0.1) is 11.8 Å². The van der Waals surface area contributed by atoms with Crippen LogP contribution in [0.1, 0.15) is 43.2 Å². The Labute approximate surface area is 152 Å². The Morgan fingerprint density at radius 2 is 2.08 bits per heavy atom. The molecule has 140 valence electrons. The van der Waals surface area contributed by atoms with E-state index in [9.17, 15) is 0 Å². The van der Waals surface area contributed by atoms with Gasteiger partial charge in [0.15, 0.2) is 17.6 Å². The number of hydrogen-bond acceptors (Lipinski definition) is 3. The first-order valence-electron chi connectivity index (χ1n) is 10.0. The summed E-state index contributed by atoms with van der Waals surface area (Å²) in [5, 5.41) is 0. The van der Waals surface area contributed by atoms with E-state index in [0.717, 1.165) is 37.4 Å². The predicted octanol–water partition coefficient (Wildman–Crippen LogP) is 3.78. The van der Waals surface area contributed by atoms with Crippen LogP contribution >= 0.6 is 0 Å². The maximum Gasteiger partial charge on any atom is 0.285 e. The minimum atomic E-state index is -2.77. The molecule has 3 aliphatic carbocycles.